The fourth-order valence-electron chi connectivity index (χ4n) is 0.705. The summed E-state index contributed by atoms with van der Waals surface area (Å²) in [5.41, 5.74) is 0.0490. The summed E-state index contributed by atoms with van der Waals surface area (Å²) >= 11 is 0. The number of hydrogen-bond acceptors (Lipinski definition) is 3. The van der Waals surface area contributed by atoms with Crippen LogP contribution in [0, 0.1) is 11.3 Å². The molecule has 0 aliphatic carbocycles. The number of ether oxygens (including phenoxy) is 1. The normalized spacial score (nSPS) is 8.73. The van der Waals surface area contributed by atoms with Gasteiger partial charge in [-0.3, -0.25) is 9.78 Å². The summed E-state index contributed by atoms with van der Waals surface area (Å²) in [6, 6.07) is 4.57. The van der Waals surface area contributed by atoms with Gasteiger partial charge in [0.05, 0.1) is 7.11 Å². The molecule has 0 radical (unpaired) electrons. The summed E-state index contributed by atoms with van der Waals surface area (Å²) in [7, 11) is 1.39. The molecule has 1 N–H and O–H groups in total. The van der Waals surface area contributed by atoms with Crippen molar-refractivity contribution in [1.82, 2.24) is 4.98 Å². The number of pyridine rings is 1. The van der Waals surface area contributed by atoms with Crippen LogP contribution in [0.25, 0.3) is 0 Å². The van der Waals surface area contributed by atoms with Crippen LogP contribution in [-0.4, -0.2) is 12.1 Å². The Morgan fingerprint density at radius 1 is 1.64 bits per heavy atom. The third-order valence-electron chi connectivity index (χ3n) is 1.21. The van der Waals surface area contributed by atoms with E-state index in [0.29, 0.717) is 5.56 Å². The molecule has 0 fully saturated rings. The molecule has 1 aromatic rings. The van der Waals surface area contributed by atoms with Crippen LogP contribution in [0.4, 0.5) is 0 Å². The standard InChI is InChI=1S/C7H6N2O2/c1-11-7-5(4-8)2-3-6(10)9-7/h2-3H,1H3,(H,9,10). The fourth-order valence-corrected chi connectivity index (χ4v) is 0.705. The minimum absolute atomic E-state index is 0.208. The molecule has 0 aliphatic rings. The maximum atomic E-state index is 10.7. The Morgan fingerprint density at radius 2 is 2.36 bits per heavy atom. The molecule has 0 bridgehead atoms. The van der Waals surface area contributed by atoms with Crippen LogP contribution in [0.1, 0.15) is 5.56 Å². The number of aromatic nitrogens is 1. The Labute approximate surface area is 63.0 Å². The molecule has 4 nitrogen and oxygen atoms in total. The highest BCUT2D eigenvalue weighted by molar-refractivity contribution is 5.36. The van der Waals surface area contributed by atoms with E-state index >= 15 is 0 Å². The molecule has 11 heavy (non-hydrogen) atoms. The van der Waals surface area contributed by atoms with Gasteiger partial charge in [-0.2, -0.15) is 5.26 Å². The number of aromatic amines is 1. The second-order valence-electron chi connectivity index (χ2n) is 1.88. The highest BCUT2D eigenvalue weighted by atomic mass is 16.5. The zero-order valence-corrected chi connectivity index (χ0v) is 5.92. The predicted octanol–water partition coefficient (Wildman–Crippen LogP) is 0.255. The number of methoxy groups -OCH3 is 1. The van der Waals surface area contributed by atoms with E-state index in [1.54, 1.807) is 0 Å². The van der Waals surface area contributed by atoms with Crippen LogP contribution in [-0.2, 0) is 0 Å². The highest BCUT2D eigenvalue weighted by Crippen LogP contribution is 2.08. The van der Waals surface area contributed by atoms with Crippen LogP contribution in [0.2, 0.25) is 0 Å². The van der Waals surface area contributed by atoms with Crippen molar-refractivity contribution in [3.8, 4) is 11.9 Å². The first-order chi connectivity index (χ1) is 5.27. The fraction of sp³-hybridized carbons (Fsp3) is 0.143. The number of hydrogen-bond donors (Lipinski definition) is 1. The number of nitrogens with zero attached hydrogens (tertiary/aromatic N) is 1. The van der Waals surface area contributed by atoms with Gasteiger partial charge in [-0.05, 0) is 6.07 Å². The van der Waals surface area contributed by atoms with Gasteiger partial charge < -0.3 is 4.74 Å². The first-order valence-corrected chi connectivity index (χ1v) is 2.95. The number of H-pyrrole nitrogens is 1. The molecule has 0 aliphatic heterocycles. The highest BCUT2D eigenvalue weighted by Gasteiger charge is 2.00. The summed E-state index contributed by atoms with van der Waals surface area (Å²) in [5, 5.41) is 8.49. The van der Waals surface area contributed by atoms with E-state index in [2.05, 4.69) is 4.98 Å². The topological polar surface area (TPSA) is 65.9 Å². The minimum atomic E-state index is -0.277. The van der Waals surface area contributed by atoms with E-state index in [0.717, 1.165) is 0 Å². The molecule has 0 saturated heterocycles. The molecule has 0 amide bonds. The lowest BCUT2D eigenvalue weighted by molar-refractivity contribution is 0.395. The summed E-state index contributed by atoms with van der Waals surface area (Å²) in [6.07, 6.45) is 0. The molecule has 0 spiro atoms. The zero-order valence-electron chi connectivity index (χ0n) is 5.92. The molecule has 0 aromatic carbocycles. The molecule has 0 saturated carbocycles. The van der Waals surface area contributed by atoms with Gasteiger partial charge in [0.2, 0.25) is 5.88 Å². The van der Waals surface area contributed by atoms with E-state index in [9.17, 15) is 4.79 Å². The van der Waals surface area contributed by atoms with Gasteiger partial charge in [0.15, 0.2) is 0 Å². The summed E-state index contributed by atoms with van der Waals surface area (Å²) in [5.74, 6) is 0.208. The maximum Gasteiger partial charge on any atom is 0.250 e. The van der Waals surface area contributed by atoms with Crippen molar-refractivity contribution in [1.29, 1.82) is 5.26 Å². The Hall–Kier alpha value is -1.76. The largest absolute Gasteiger partial charge is 0.481 e. The van der Waals surface area contributed by atoms with E-state index in [-0.39, 0.29) is 11.4 Å². The van der Waals surface area contributed by atoms with Crippen molar-refractivity contribution in [2.24, 2.45) is 0 Å². The Balaban J connectivity index is 3.30. The molecular weight excluding hydrogens is 144 g/mol. The number of rotatable bonds is 1. The second-order valence-corrected chi connectivity index (χ2v) is 1.88. The third-order valence-corrected chi connectivity index (χ3v) is 1.21. The minimum Gasteiger partial charge on any atom is -0.481 e. The van der Waals surface area contributed by atoms with E-state index in [1.165, 1.54) is 19.2 Å². The average molecular weight is 150 g/mol. The van der Waals surface area contributed by atoms with E-state index in [4.69, 9.17) is 10.00 Å². The lowest BCUT2D eigenvalue weighted by atomic mass is 10.3. The molecule has 1 aromatic heterocycles. The van der Waals surface area contributed by atoms with Gasteiger partial charge in [-0.15, -0.1) is 0 Å². The molecule has 0 atom stereocenters. The molecule has 56 valence electrons. The molecule has 1 heterocycles. The predicted molar refractivity (Wildman–Crippen MR) is 38.3 cm³/mol. The number of nitriles is 1. The van der Waals surface area contributed by atoms with Crippen molar-refractivity contribution in [2.75, 3.05) is 7.11 Å². The van der Waals surface area contributed by atoms with Crippen LogP contribution in [0.5, 0.6) is 5.88 Å². The van der Waals surface area contributed by atoms with Crippen LogP contribution in [0.15, 0.2) is 16.9 Å². The Kier molecular flexibility index (Phi) is 1.93. The first-order valence-electron chi connectivity index (χ1n) is 2.95. The van der Waals surface area contributed by atoms with Gasteiger partial charge in [-0.1, -0.05) is 0 Å². The van der Waals surface area contributed by atoms with Crippen molar-refractivity contribution in [3.05, 3.63) is 28.0 Å². The molecule has 1 rings (SSSR count). The van der Waals surface area contributed by atoms with Crippen molar-refractivity contribution >= 4 is 0 Å². The van der Waals surface area contributed by atoms with E-state index in [1.807, 2.05) is 6.07 Å². The van der Waals surface area contributed by atoms with Crippen LogP contribution >= 0.6 is 0 Å². The summed E-state index contributed by atoms with van der Waals surface area (Å²) in [4.78, 5) is 13.0. The van der Waals surface area contributed by atoms with Gasteiger partial charge in [0.25, 0.3) is 5.56 Å². The molecule has 4 heteroatoms. The monoisotopic (exact) mass is 150 g/mol. The van der Waals surface area contributed by atoms with Crippen LogP contribution in [0.3, 0.4) is 0 Å². The summed E-state index contributed by atoms with van der Waals surface area (Å²) < 4.78 is 4.74. The molecular formula is C7H6N2O2. The van der Waals surface area contributed by atoms with Gasteiger partial charge in [0.1, 0.15) is 11.6 Å². The lowest BCUT2D eigenvalue weighted by Crippen LogP contribution is -2.06. The summed E-state index contributed by atoms with van der Waals surface area (Å²) in [6.45, 7) is 0. The van der Waals surface area contributed by atoms with Crippen molar-refractivity contribution < 1.29 is 4.74 Å². The van der Waals surface area contributed by atoms with Gasteiger partial charge in [0, 0.05) is 6.07 Å². The van der Waals surface area contributed by atoms with Gasteiger partial charge >= 0.3 is 0 Å². The third kappa shape index (κ3) is 1.38. The van der Waals surface area contributed by atoms with Crippen LogP contribution < -0.4 is 10.3 Å². The maximum absolute atomic E-state index is 10.7. The zero-order chi connectivity index (χ0) is 8.27. The smallest absolute Gasteiger partial charge is 0.250 e. The van der Waals surface area contributed by atoms with E-state index < -0.39 is 0 Å². The Bertz CT molecular complexity index is 348. The average Bonchev–Trinajstić information content (AvgIpc) is 2.04. The number of nitrogens with one attached hydrogen (secondary N) is 1. The second kappa shape index (κ2) is 2.88. The van der Waals surface area contributed by atoms with Gasteiger partial charge in [-0.25, -0.2) is 0 Å². The first kappa shape index (κ1) is 7.35. The Morgan fingerprint density at radius 3 is 2.91 bits per heavy atom. The molecule has 0 unspecified atom stereocenters. The van der Waals surface area contributed by atoms with Crippen molar-refractivity contribution in [3.63, 3.8) is 0 Å². The quantitative estimate of drug-likeness (QED) is 0.624. The lowest BCUT2D eigenvalue weighted by Gasteiger charge is -1.98. The van der Waals surface area contributed by atoms with Crippen molar-refractivity contribution in [2.45, 2.75) is 0 Å². The SMILES string of the molecule is COc1[nH]c(=O)ccc1C#N.